The molecule has 0 heterocycles. The Morgan fingerprint density at radius 1 is 1.19 bits per heavy atom. The molecule has 0 spiro atoms. The fourth-order valence-electron chi connectivity index (χ4n) is 1.64. The molecule has 0 aromatic heterocycles. The zero-order valence-electron chi connectivity index (χ0n) is 8.97. The smallest absolute Gasteiger partial charge is 0.328 e. The fraction of sp³-hybridized carbons (Fsp3) is 0.154. The molecule has 0 amide bonds. The van der Waals surface area contributed by atoms with E-state index >= 15 is 0 Å². The predicted molar refractivity (Wildman–Crippen MR) is 63.1 cm³/mol. The van der Waals surface area contributed by atoms with Crippen LogP contribution in [0.3, 0.4) is 0 Å². The third kappa shape index (κ3) is 1.66. The average Bonchev–Trinajstić information content (AvgIpc) is 2.28. The summed E-state index contributed by atoms with van der Waals surface area (Å²) in [4.78, 5) is 11.0. The SMILES string of the molecule is C[C@](N)(C(=O)O)c1ccc2ccccc2c1. The van der Waals surface area contributed by atoms with Gasteiger partial charge in [-0.25, -0.2) is 4.79 Å². The van der Waals surface area contributed by atoms with E-state index in [1.54, 1.807) is 6.07 Å². The second-order valence-electron chi connectivity index (χ2n) is 4.07. The van der Waals surface area contributed by atoms with Gasteiger partial charge >= 0.3 is 5.97 Å². The number of fused-ring (bicyclic) bond motifs is 1. The molecule has 3 nitrogen and oxygen atoms in total. The third-order valence-corrected chi connectivity index (χ3v) is 2.79. The molecule has 16 heavy (non-hydrogen) atoms. The third-order valence-electron chi connectivity index (χ3n) is 2.79. The molecule has 82 valence electrons. The Morgan fingerprint density at radius 2 is 1.81 bits per heavy atom. The first-order valence-corrected chi connectivity index (χ1v) is 5.03. The number of hydrogen-bond acceptors (Lipinski definition) is 2. The summed E-state index contributed by atoms with van der Waals surface area (Å²) >= 11 is 0. The lowest BCUT2D eigenvalue weighted by atomic mass is 9.91. The van der Waals surface area contributed by atoms with Gasteiger partial charge in [-0.1, -0.05) is 36.4 Å². The molecule has 2 aromatic rings. The van der Waals surface area contributed by atoms with Crippen molar-refractivity contribution < 1.29 is 9.90 Å². The summed E-state index contributed by atoms with van der Waals surface area (Å²) in [6.45, 7) is 1.50. The number of carboxylic acids is 1. The molecule has 0 saturated heterocycles. The number of carbonyl (C=O) groups is 1. The van der Waals surface area contributed by atoms with Crippen molar-refractivity contribution in [1.29, 1.82) is 0 Å². The first-order valence-electron chi connectivity index (χ1n) is 5.03. The Labute approximate surface area is 93.5 Å². The molecule has 0 aliphatic rings. The van der Waals surface area contributed by atoms with Gasteiger partial charge in [0.25, 0.3) is 0 Å². The summed E-state index contributed by atoms with van der Waals surface area (Å²) in [5.74, 6) is -1.03. The molecule has 3 heteroatoms. The minimum Gasteiger partial charge on any atom is -0.480 e. The van der Waals surface area contributed by atoms with Crippen molar-refractivity contribution in [1.82, 2.24) is 0 Å². The molecular weight excluding hydrogens is 202 g/mol. The standard InChI is InChI=1S/C13H13NO2/c1-13(14,12(15)16)11-7-6-9-4-2-3-5-10(9)8-11/h2-8H,14H2,1H3,(H,15,16)/t13-/m1/s1. The van der Waals surface area contributed by atoms with Crippen LogP contribution in [0.15, 0.2) is 42.5 Å². The van der Waals surface area contributed by atoms with Crippen molar-refractivity contribution in [3.8, 4) is 0 Å². The van der Waals surface area contributed by atoms with Gasteiger partial charge in [0.05, 0.1) is 0 Å². The van der Waals surface area contributed by atoms with Crippen LogP contribution in [-0.4, -0.2) is 11.1 Å². The average molecular weight is 215 g/mol. The van der Waals surface area contributed by atoms with Crippen molar-refractivity contribution in [2.24, 2.45) is 5.73 Å². The van der Waals surface area contributed by atoms with E-state index in [-0.39, 0.29) is 0 Å². The van der Waals surface area contributed by atoms with Crippen LogP contribution in [-0.2, 0) is 10.3 Å². The highest BCUT2D eigenvalue weighted by atomic mass is 16.4. The van der Waals surface area contributed by atoms with Crippen molar-refractivity contribution >= 4 is 16.7 Å². The number of benzene rings is 2. The Kier molecular flexibility index (Phi) is 2.40. The van der Waals surface area contributed by atoms with Crippen LogP contribution in [0.5, 0.6) is 0 Å². The van der Waals surface area contributed by atoms with E-state index in [2.05, 4.69) is 0 Å². The highest BCUT2D eigenvalue weighted by Gasteiger charge is 2.30. The highest BCUT2D eigenvalue weighted by Crippen LogP contribution is 2.23. The molecule has 3 N–H and O–H groups in total. The molecule has 0 fully saturated rings. The maximum absolute atomic E-state index is 11.0. The van der Waals surface area contributed by atoms with Gasteiger partial charge in [-0.15, -0.1) is 0 Å². The monoisotopic (exact) mass is 215 g/mol. The second kappa shape index (κ2) is 3.61. The first kappa shape index (κ1) is 10.6. The minimum atomic E-state index is -1.34. The van der Waals surface area contributed by atoms with Crippen LogP contribution in [0.4, 0.5) is 0 Å². The summed E-state index contributed by atoms with van der Waals surface area (Å²) in [5, 5.41) is 11.1. The lowest BCUT2D eigenvalue weighted by Gasteiger charge is -2.20. The number of nitrogens with two attached hydrogens (primary N) is 1. The number of aliphatic carboxylic acids is 1. The molecule has 0 saturated carbocycles. The summed E-state index contributed by atoms with van der Waals surface area (Å²) in [6, 6.07) is 13.3. The molecule has 0 radical (unpaired) electrons. The van der Waals surface area contributed by atoms with Gasteiger partial charge in [-0.3, -0.25) is 0 Å². The molecular formula is C13H13NO2. The summed E-state index contributed by atoms with van der Waals surface area (Å²) < 4.78 is 0. The van der Waals surface area contributed by atoms with Crippen LogP contribution in [0.1, 0.15) is 12.5 Å². The van der Waals surface area contributed by atoms with E-state index in [1.807, 2.05) is 36.4 Å². The molecule has 2 aromatic carbocycles. The fourth-order valence-corrected chi connectivity index (χ4v) is 1.64. The van der Waals surface area contributed by atoms with Crippen molar-refractivity contribution in [2.75, 3.05) is 0 Å². The minimum absolute atomic E-state index is 0.610. The van der Waals surface area contributed by atoms with E-state index in [1.165, 1.54) is 6.92 Å². The molecule has 2 rings (SSSR count). The number of hydrogen-bond donors (Lipinski definition) is 2. The zero-order valence-corrected chi connectivity index (χ0v) is 8.97. The molecule has 0 aliphatic carbocycles. The summed E-state index contributed by atoms with van der Waals surface area (Å²) in [6.07, 6.45) is 0. The Bertz CT molecular complexity index is 546. The number of rotatable bonds is 2. The molecule has 0 aliphatic heterocycles. The second-order valence-corrected chi connectivity index (χ2v) is 4.07. The van der Waals surface area contributed by atoms with E-state index in [0.717, 1.165) is 10.8 Å². The van der Waals surface area contributed by atoms with Gasteiger partial charge in [-0.05, 0) is 29.3 Å². The number of carboxylic acid groups (broad SMARTS) is 1. The molecule has 1 atom stereocenters. The van der Waals surface area contributed by atoms with Gasteiger partial charge in [0, 0.05) is 0 Å². The van der Waals surface area contributed by atoms with E-state index in [4.69, 9.17) is 10.8 Å². The summed E-state index contributed by atoms with van der Waals surface area (Å²) in [5.41, 5.74) is 5.04. The van der Waals surface area contributed by atoms with Gasteiger partial charge in [0.15, 0.2) is 0 Å². The lowest BCUT2D eigenvalue weighted by molar-refractivity contribution is -0.143. The zero-order chi connectivity index (χ0) is 11.8. The van der Waals surface area contributed by atoms with Crippen LogP contribution in [0.25, 0.3) is 10.8 Å². The molecule has 0 bridgehead atoms. The Hall–Kier alpha value is -1.87. The summed E-state index contributed by atoms with van der Waals surface area (Å²) in [7, 11) is 0. The maximum atomic E-state index is 11.0. The van der Waals surface area contributed by atoms with Gasteiger partial charge in [0.2, 0.25) is 0 Å². The normalized spacial score (nSPS) is 14.6. The first-order chi connectivity index (χ1) is 7.51. The Morgan fingerprint density at radius 3 is 2.44 bits per heavy atom. The van der Waals surface area contributed by atoms with Gasteiger partial charge < -0.3 is 10.8 Å². The quantitative estimate of drug-likeness (QED) is 0.806. The van der Waals surface area contributed by atoms with Crippen molar-refractivity contribution in [2.45, 2.75) is 12.5 Å². The highest BCUT2D eigenvalue weighted by molar-refractivity contribution is 5.86. The van der Waals surface area contributed by atoms with Crippen molar-refractivity contribution in [3.63, 3.8) is 0 Å². The lowest BCUT2D eigenvalue weighted by Crippen LogP contribution is -2.41. The van der Waals surface area contributed by atoms with Crippen LogP contribution in [0.2, 0.25) is 0 Å². The van der Waals surface area contributed by atoms with Crippen LogP contribution < -0.4 is 5.73 Å². The van der Waals surface area contributed by atoms with Gasteiger partial charge in [0.1, 0.15) is 5.54 Å². The van der Waals surface area contributed by atoms with E-state index < -0.39 is 11.5 Å². The van der Waals surface area contributed by atoms with Gasteiger partial charge in [-0.2, -0.15) is 0 Å². The van der Waals surface area contributed by atoms with E-state index in [9.17, 15) is 4.79 Å². The molecule has 0 unspecified atom stereocenters. The van der Waals surface area contributed by atoms with Crippen molar-refractivity contribution in [3.05, 3.63) is 48.0 Å². The van der Waals surface area contributed by atoms with E-state index in [0.29, 0.717) is 5.56 Å². The predicted octanol–water partition coefficient (Wildman–Crippen LogP) is 2.10. The van der Waals surface area contributed by atoms with Crippen LogP contribution in [0, 0.1) is 0 Å². The largest absolute Gasteiger partial charge is 0.480 e. The maximum Gasteiger partial charge on any atom is 0.328 e. The topological polar surface area (TPSA) is 63.3 Å². The van der Waals surface area contributed by atoms with Crippen LogP contribution >= 0.6 is 0 Å². The Balaban J connectivity index is 2.59.